The Morgan fingerprint density at radius 2 is 1.80 bits per heavy atom. The van der Waals surface area contributed by atoms with E-state index >= 15 is 0 Å². The number of H-pyrrole nitrogens is 1. The highest BCUT2D eigenvalue weighted by Gasteiger charge is 2.19. The van der Waals surface area contributed by atoms with Crippen molar-refractivity contribution in [1.29, 1.82) is 0 Å². The van der Waals surface area contributed by atoms with Crippen LogP contribution in [0.2, 0.25) is 5.02 Å². The van der Waals surface area contributed by atoms with Gasteiger partial charge in [0.25, 0.3) is 0 Å². The molecule has 0 saturated heterocycles. The summed E-state index contributed by atoms with van der Waals surface area (Å²) < 4.78 is 14.2. The first-order valence-corrected chi connectivity index (χ1v) is 9.31. The SMILES string of the molecule is CCCCCCCCCc1ccc(-c2c[nH]c(C(=O)O)c2F)c(Cl)c1. The molecule has 2 N–H and O–H groups in total. The van der Waals surface area contributed by atoms with E-state index < -0.39 is 17.5 Å². The van der Waals surface area contributed by atoms with E-state index in [0.717, 1.165) is 18.4 Å². The van der Waals surface area contributed by atoms with Crippen LogP contribution in [-0.4, -0.2) is 16.1 Å². The zero-order valence-electron chi connectivity index (χ0n) is 14.6. The summed E-state index contributed by atoms with van der Waals surface area (Å²) >= 11 is 6.29. The summed E-state index contributed by atoms with van der Waals surface area (Å²) in [5.74, 6) is -2.11. The maximum Gasteiger partial charge on any atom is 0.355 e. The van der Waals surface area contributed by atoms with E-state index in [1.165, 1.54) is 44.7 Å². The van der Waals surface area contributed by atoms with Crippen molar-refractivity contribution in [3.63, 3.8) is 0 Å². The third-order valence-corrected chi connectivity index (χ3v) is 4.74. The number of hydrogen-bond donors (Lipinski definition) is 2. The molecule has 0 aliphatic rings. The lowest BCUT2D eigenvalue weighted by Gasteiger charge is -2.07. The van der Waals surface area contributed by atoms with Crippen LogP contribution in [0, 0.1) is 5.82 Å². The maximum atomic E-state index is 14.2. The molecule has 0 aliphatic heterocycles. The van der Waals surface area contributed by atoms with Crippen molar-refractivity contribution in [1.82, 2.24) is 4.98 Å². The van der Waals surface area contributed by atoms with Gasteiger partial charge in [-0.1, -0.05) is 69.2 Å². The molecule has 136 valence electrons. The van der Waals surface area contributed by atoms with Crippen LogP contribution in [0.25, 0.3) is 11.1 Å². The molecule has 2 rings (SSSR count). The van der Waals surface area contributed by atoms with E-state index in [1.54, 1.807) is 6.07 Å². The Hall–Kier alpha value is -1.81. The predicted octanol–water partition coefficient (Wildman–Crippen LogP) is 6.47. The van der Waals surface area contributed by atoms with Crippen LogP contribution < -0.4 is 0 Å². The molecule has 0 saturated carbocycles. The van der Waals surface area contributed by atoms with E-state index in [9.17, 15) is 9.18 Å². The number of carboxylic acids is 1. The Bertz CT molecular complexity index is 712. The molecule has 0 atom stereocenters. The van der Waals surface area contributed by atoms with Gasteiger partial charge < -0.3 is 10.1 Å². The average Bonchev–Trinajstić information content (AvgIpc) is 2.96. The summed E-state index contributed by atoms with van der Waals surface area (Å²) in [6, 6.07) is 5.54. The molecule has 0 radical (unpaired) electrons. The van der Waals surface area contributed by atoms with Crippen LogP contribution in [0.1, 0.15) is 67.9 Å². The number of rotatable bonds is 10. The van der Waals surface area contributed by atoms with Crippen LogP contribution >= 0.6 is 11.6 Å². The molecule has 0 fully saturated rings. The van der Waals surface area contributed by atoms with Gasteiger partial charge in [-0.3, -0.25) is 0 Å². The van der Waals surface area contributed by atoms with Gasteiger partial charge in [0, 0.05) is 22.3 Å². The molecule has 1 aromatic carbocycles. The largest absolute Gasteiger partial charge is 0.476 e. The van der Waals surface area contributed by atoms with Gasteiger partial charge in [0.2, 0.25) is 0 Å². The Kier molecular flexibility index (Phi) is 7.51. The molecule has 0 amide bonds. The summed E-state index contributed by atoms with van der Waals surface area (Å²) in [4.78, 5) is 13.4. The normalized spacial score (nSPS) is 11.0. The van der Waals surface area contributed by atoms with Gasteiger partial charge in [-0.2, -0.15) is 0 Å². The minimum absolute atomic E-state index is 0.185. The Morgan fingerprint density at radius 1 is 1.12 bits per heavy atom. The second-order valence-corrected chi connectivity index (χ2v) is 6.79. The number of halogens is 2. The smallest absolute Gasteiger partial charge is 0.355 e. The van der Waals surface area contributed by atoms with Crippen molar-refractivity contribution in [3.8, 4) is 11.1 Å². The third-order valence-electron chi connectivity index (χ3n) is 4.42. The number of nitrogens with one attached hydrogen (secondary N) is 1. The number of benzene rings is 1. The highest BCUT2D eigenvalue weighted by molar-refractivity contribution is 6.33. The number of hydrogen-bond acceptors (Lipinski definition) is 1. The van der Waals surface area contributed by atoms with Crippen molar-refractivity contribution < 1.29 is 14.3 Å². The van der Waals surface area contributed by atoms with Gasteiger partial charge in [0.05, 0.1) is 0 Å². The highest BCUT2D eigenvalue weighted by Crippen LogP contribution is 2.32. The number of aromatic carboxylic acids is 1. The van der Waals surface area contributed by atoms with E-state index in [4.69, 9.17) is 16.7 Å². The fraction of sp³-hybridized carbons (Fsp3) is 0.450. The van der Waals surface area contributed by atoms with Crippen LogP contribution in [0.4, 0.5) is 4.39 Å². The number of carbonyl (C=O) groups is 1. The van der Waals surface area contributed by atoms with Crippen molar-refractivity contribution in [2.45, 2.75) is 58.3 Å². The molecule has 0 aliphatic carbocycles. The summed E-state index contributed by atoms with van der Waals surface area (Å²) in [5, 5.41) is 9.36. The summed E-state index contributed by atoms with van der Waals surface area (Å²) in [7, 11) is 0. The van der Waals surface area contributed by atoms with E-state index in [0.29, 0.717) is 10.6 Å². The molecule has 5 heteroatoms. The monoisotopic (exact) mass is 365 g/mol. The molecule has 0 spiro atoms. The Morgan fingerprint density at radius 3 is 2.40 bits per heavy atom. The van der Waals surface area contributed by atoms with Crippen LogP contribution in [0.3, 0.4) is 0 Å². The fourth-order valence-electron chi connectivity index (χ4n) is 2.98. The van der Waals surface area contributed by atoms with Crippen LogP contribution in [-0.2, 0) is 6.42 Å². The predicted molar refractivity (Wildman–Crippen MR) is 99.9 cm³/mol. The number of aryl methyl sites for hydroxylation is 1. The zero-order valence-corrected chi connectivity index (χ0v) is 15.3. The second-order valence-electron chi connectivity index (χ2n) is 6.38. The molecule has 1 heterocycles. The lowest BCUT2D eigenvalue weighted by Crippen LogP contribution is -1.99. The molecular formula is C20H25ClFNO2. The van der Waals surface area contributed by atoms with Gasteiger partial charge in [-0.25, -0.2) is 9.18 Å². The Balaban J connectivity index is 1.93. The van der Waals surface area contributed by atoms with Crippen molar-refractivity contribution >= 4 is 17.6 Å². The average molecular weight is 366 g/mol. The van der Waals surface area contributed by atoms with Crippen molar-refractivity contribution in [2.24, 2.45) is 0 Å². The first-order chi connectivity index (χ1) is 12.0. The second kappa shape index (κ2) is 9.62. The van der Waals surface area contributed by atoms with E-state index in [2.05, 4.69) is 11.9 Å². The van der Waals surface area contributed by atoms with E-state index in [-0.39, 0.29) is 5.56 Å². The van der Waals surface area contributed by atoms with Gasteiger partial charge >= 0.3 is 5.97 Å². The molecule has 3 nitrogen and oxygen atoms in total. The van der Waals surface area contributed by atoms with Crippen LogP contribution in [0.5, 0.6) is 0 Å². The lowest BCUT2D eigenvalue weighted by molar-refractivity contribution is 0.0686. The molecule has 0 unspecified atom stereocenters. The first-order valence-electron chi connectivity index (χ1n) is 8.93. The van der Waals surface area contributed by atoms with Gasteiger partial charge in [0.1, 0.15) is 0 Å². The lowest BCUT2D eigenvalue weighted by atomic mass is 10.0. The van der Waals surface area contributed by atoms with Gasteiger partial charge in [-0.15, -0.1) is 0 Å². The van der Waals surface area contributed by atoms with Gasteiger partial charge in [-0.05, 0) is 24.5 Å². The Labute approximate surface area is 153 Å². The fourth-order valence-corrected chi connectivity index (χ4v) is 3.28. The highest BCUT2D eigenvalue weighted by atomic mass is 35.5. The topological polar surface area (TPSA) is 53.1 Å². The molecule has 0 bridgehead atoms. The summed E-state index contributed by atoms with van der Waals surface area (Å²) in [6.07, 6.45) is 11.1. The van der Waals surface area contributed by atoms with Crippen LogP contribution in [0.15, 0.2) is 24.4 Å². The molecule has 1 aromatic heterocycles. The quantitative estimate of drug-likeness (QED) is 0.474. The molecular weight excluding hydrogens is 341 g/mol. The summed E-state index contributed by atoms with van der Waals surface area (Å²) in [5.41, 5.74) is 1.37. The zero-order chi connectivity index (χ0) is 18.2. The molecule has 2 aromatic rings. The third kappa shape index (κ3) is 5.33. The van der Waals surface area contributed by atoms with Crippen molar-refractivity contribution in [3.05, 3.63) is 46.5 Å². The van der Waals surface area contributed by atoms with Crippen molar-refractivity contribution in [2.75, 3.05) is 0 Å². The van der Waals surface area contributed by atoms with E-state index in [1.807, 2.05) is 12.1 Å². The summed E-state index contributed by atoms with van der Waals surface area (Å²) in [6.45, 7) is 2.22. The minimum atomic E-state index is -1.32. The van der Waals surface area contributed by atoms with Gasteiger partial charge in [0.15, 0.2) is 11.5 Å². The number of aromatic amines is 1. The standard InChI is InChI=1S/C20H25ClFNO2/c1-2-3-4-5-6-7-8-9-14-10-11-15(17(21)12-14)16-13-23-19(18(16)22)20(24)25/h10-13,23H,2-9H2,1H3,(H,24,25). The number of aromatic nitrogens is 1. The molecule has 25 heavy (non-hydrogen) atoms. The maximum absolute atomic E-state index is 14.2. The first kappa shape index (κ1) is 19.5. The minimum Gasteiger partial charge on any atom is -0.476 e. The number of carboxylic acid groups (broad SMARTS) is 1. The number of unbranched alkanes of at least 4 members (excludes halogenated alkanes) is 6.